The summed E-state index contributed by atoms with van der Waals surface area (Å²) in [5.41, 5.74) is 1.58. The summed E-state index contributed by atoms with van der Waals surface area (Å²) < 4.78 is 33.6. The molecule has 4 aromatic carbocycles. The van der Waals surface area contributed by atoms with E-state index < -0.39 is 10.0 Å². The van der Waals surface area contributed by atoms with Crippen molar-refractivity contribution in [1.29, 1.82) is 0 Å². The van der Waals surface area contributed by atoms with Crippen LogP contribution >= 0.6 is 0 Å². The van der Waals surface area contributed by atoms with Gasteiger partial charge in [-0.15, -0.1) is 0 Å². The number of hydrogen-bond acceptors (Lipinski definition) is 4. The number of anilines is 1. The molecule has 0 heterocycles. The van der Waals surface area contributed by atoms with Gasteiger partial charge in [-0.2, -0.15) is 0 Å². The standard InChI is InChI=1S/C26H24N2O4S/c1-19(20-8-3-2-4-9-20)28-33(30,31)23-16-14-22(15-17-23)32-18-26(29)27-25-13-7-11-21-10-5-6-12-24(21)25/h2-17,19,28H,18H2,1H3,(H,27,29). The van der Waals surface area contributed by atoms with Crippen LogP contribution in [0.2, 0.25) is 0 Å². The fraction of sp³-hybridized carbons (Fsp3) is 0.115. The molecule has 0 radical (unpaired) electrons. The second kappa shape index (κ2) is 9.85. The van der Waals surface area contributed by atoms with Crippen molar-refractivity contribution in [2.24, 2.45) is 0 Å². The van der Waals surface area contributed by atoms with E-state index in [-0.39, 0.29) is 23.5 Å². The molecule has 0 spiro atoms. The fourth-order valence-corrected chi connectivity index (χ4v) is 4.73. The van der Waals surface area contributed by atoms with Crippen LogP contribution in [0.25, 0.3) is 10.8 Å². The number of fused-ring (bicyclic) bond motifs is 1. The summed E-state index contributed by atoms with van der Waals surface area (Å²) in [4.78, 5) is 12.5. The number of ether oxygens (including phenoxy) is 1. The predicted molar refractivity (Wildman–Crippen MR) is 130 cm³/mol. The molecule has 6 nitrogen and oxygen atoms in total. The van der Waals surface area contributed by atoms with Crippen LogP contribution in [0.3, 0.4) is 0 Å². The van der Waals surface area contributed by atoms with E-state index in [0.717, 1.165) is 16.3 Å². The van der Waals surface area contributed by atoms with Crippen molar-refractivity contribution >= 4 is 32.4 Å². The molecule has 1 unspecified atom stereocenters. The van der Waals surface area contributed by atoms with E-state index in [1.165, 1.54) is 24.3 Å². The first-order chi connectivity index (χ1) is 15.9. The Morgan fingerprint density at radius 2 is 1.52 bits per heavy atom. The van der Waals surface area contributed by atoms with Crippen LogP contribution in [-0.4, -0.2) is 20.9 Å². The first-order valence-electron chi connectivity index (χ1n) is 10.5. The minimum absolute atomic E-state index is 0.123. The van der Waals surface area contributed by atoms with E-state index in [2.05, 4.69) is 10.0 Å². The van der Waals surface area contributed by atoms with Gasteiger partial charge in [-0.05, 0) is 48.2 Å². The highest BCUT2D eigenvalue weighted by Crippen LogP contribution is 2.23. The van der Waals surface area contributed by atoms with Gasteiger partial charge in [0.1, 0.15) is 5.75 Å². The highest BCUT2D eigenvalue weighted by Gasteiger charge is 2.18. The maximum atomic E-state index is 12.7. The summed E-state index contributed by atoms with van der Waals surface area (Å²) >= 11 is 0. The maximum Gasteiger partial charge on any atom is 0.262 e. The van der Waals surface area contributed by atoms with E-state index >= 15 is 0 Å². The van der Waals surface area contributed by atoms with Gasteiger partial charge in [-0.1, -0.05) is 66.7 Å². The lowest BCUT2D eigenvalue weighted by molar-refractivity contribution is -0.118. The Morgan fingerprint density at radius 3 is 2.27 bits per heavy atom. The zero-order valence-electron chi connectivity index (χ0n) is 18.1. The van der Waals surface area contributed by atoms with Crippen molar-refractivity contribution < 1.29 is 17.9 Å². The van der Waals surface area contributed by atoms with E-state index in [1.807, 2.05) is 72.8 Å². The van der Waals surface area contributed by atoms with Gasteiger partial charge in [-0.3, -0.25) is 4.79 Å². The Bertz CT molecular complexity index is 1350. The largest absolute Gasteiger partial charge is 0.484 e. The topological polar surface area (TPSA) is 84.5 Å². The molecule has 0 saturated carbocycles. The number of carbonyl (C=O) groups excluding carboxylic acids is 1. The molecule has 2 N–H and O–H groups in total. The van der Waals surface area contributed by atoms with E-state index in [9.17, 15) is 13.2 Å². The Morgan fingerprint density at radius 1 is 0.848 bits per heavy atom. The number of benzene rings is 4. The molecule has 4 aromatic rings. The third-order valence-electron chi connectivity index (χ3n) is 5.20. The van der Waals surface area contributed by atoms with Gasteiger partial charge in [0.25, 0.3) is 5.91 Å². The van der Waals surface area contributed by atoms with Gasteiger partial charge >= 0.3 is 0 Å². The van der Waals surface area contributed by atoms with Gasteiger partial charge in [0.15, 0.2) is 6.61 Å². The number of rotatable bonds is 8. The van der Waals surface area contributed by atoms with Crippen LogP contribution in [0.15, 0.2) is 102 Å². The van der Waals surface area contributed by atoms with Crippen LogP contribution in [0.4, 0.5) is 5.69 Å². The van der Waals surface area contributed by atoms with Crippen molar-refractivity contribution in [2.75, 3.05) is 11.9 Å². The zero-order chi connectivity index (χ0) is 23.3. The van der Waals surface area contributed by atoms with Crippen molar-refractivity contribution in [3.63, 3.8) is 0 Å². The molecule has 1 amide bonds. The molecule has 0 aliphatic carbocycles. The van der Waals surface area contributed by atoms with Crippen LogP contribution < -0.4 is 14.8 Å². The first-order valence-corrected chi connectivity index (χ1v) is 12.0. The minimum Gasteiger partial charge on any atom is -0.484 e. The van der Waals surface area contributed by atoms with Crippen molar-refractivity contribution in [1.82, 2.24) is 4.72 Å². The second-order valence-electron chi connectivity index (χ2n) is 7.59. The lowest BCUT2D eigenvalue weighted by Crippen LogP contribution is -2.26. The fourth-order valence-electron chi connectivity index (χ4n) is 3.50. The van der Waals surface area contributed by atoms with Crippen LogP contribution in [-0.2, 0) is 14.8 Å². The third kappa shape index (κ3) is 5.58. The minimum atomic E-state index is -3.70. The summed E-state index contributed by atoms with van der Waals surface area (Å²) in [5.74, 6) is 0.0968. The predicted octanol–water partition coefficient (Wildman–Crippen LogP) is 4.90. The number of sulfonamides is 1. The smallest absolute Gasteiger partial charge is 0.262 e. The number of carbonyl (C=O) groups is 1. The van der Waals surface area contributed by atoms with Crippen molar-refractivity contribution in [3.8, 4) is 5.75 Å². The Kier molecular flexibility index (Phi) is 6.72. The number of amides is 1. The molecule has 4 rings (SSSR count). The average Bonchev–Trinajstić information content (AvgIpc) is 2.83. The van der Waals surface area contributed by atoms with Crippen LogP contribution in [0, 0.1) is 0 Å². The normalized spacial score (nSPS) is 12.3. The summed E-state index contributed by atoms with van der Waals surface area (Å²) in [6.07, 6.45) is 0. The van der Waals surface area contributed by atoms with E-state index in [4.69, 9.17) is 4.74 Å². The maximum absolute atomic E-state index is 12.7. The molecule has 0 fully saturated rings. The molecule has 0 saturated heterocycles. The summed E-state index contributed by atoms with van der Waals surface area (Å²) in [5, 5.41) is 4.83. The summed E-state index contributed by atoms with van der Waals surface area (Å²) in [6, 6.07) is 28.4. The summed E-state index contributed by atoms with van der Waals surface area (Å²) in [7, 11) is -3.70. The van der Waals surface area contributed by atoms with Gasteiger partial charge in [-0.25, -0.2) is 13.1 Å². The Labute approximate surface area is 193 Å². The summed E-state index contributed by atoms with van der Waals surface area (Å²) in [6.45, 7) is 1.59. The molecule has 0 bridgehead atoms. The molecule has 7 heteroatoms. The van der Waals surface area contributed by atoms with Gasteiger partial charge in [0.05, 0.1) is 4.90 Å². The Hall–Kier alpha value is -3.68. The van der Waals surface area contributed by atoms with Crippen LogP contribution in [0.1, 0.15) is 18.5 Å². The number of nitrogens with one attached hydrogen (secondary N) is 2. The Balaban J connectivity index is 1.36. The third-order valence-corrected chi connectivity index (χ3v) is 6.76. The van der Waals surface area contributed by atoms with E-state index in [1.54, 1.807) is 6.92 Å². The molecule has 0 aromatic heterocycles. The van der Waals surface area contributed by atoms with Gasteiger partial charge in [0, 0.05) is 17.1 Å². The molecular formula is C26H24N2O4S. The highest BCUT2D eigenvalue weighted by atomic mass is 32.2. The molecule has 0 aliphatic heterocycles. The van der Waals surface area contributed by atoms with Gasteiger partial charge in [0.2, 0.25) is 10.0 Å². The van der Waals surface area contributed by atoms with Crippen molar-refractivity contribution in [2.45, 2.75) is 17.9 Å². The number of hydrogen-bond donors (Lipinski definition) is 2. The molecule has 1 atom stereocenters. The SMILES string of the molecule is CC(NS(=O)(=O)c1ccc(OCC(=O)Nc2cccc3ccccc23)cc1)c1ccccc1. The highest BCUT2D eigenvalue weighted by molar-refractivity contribution is 7.89. The first kappa shape index (κ1) is 22.5. The molecule has 33 heavy (non-hydrogen) atoms. The quantitative estimate of drug-likeness (QED) is 0.392. The molecular weight excluding hydrogens is 436 g/mol. The zero-order valence-corrected chi connectivity index (χ0v) is 18.9. The molecule has 0 aliphatic rings. The lowest BCUT2D eigenvalue weighted by atomic mass is 10.1. The average molecular weight is 461 g/mol. The van der Waals surface area contributed by atoms with Crippen LogP contribution in [0.5, 0.6) is 5.75 Å². The second-order valence-corrected chi connectivity index (χ2v) is 9.30. The van der Waals surface area contributed by atoms with Crippen molar-refractivity contribution in [3.05, 3.63) is 103 Å². The van der Waals surface area contributed by atoms with Gasteiger partial charge < -0.3 is 10.1 Å². The molecule has 168 valence electrons. The lowest BCUT2D eigenvalue weighted by Gasteiger charge is -2.15. The van der Waals surface area contributed by atoms with E-state index in [0.29, 0.717) is 11.4 Å². The monoisotopic (exact) mass is 460 g/mol.